The van der Waals surface area contributed by atoms with E-state index in [4.69, 9.17) is 9.47 Å². The Hall–Kier alpha value is -3.79. The second-order valence-corrected chi connectivity index (χ2v) is 7.18. The Morgan fingerprint density at radius 3 is 2.68 bits per heavy atom. The topological polar surface area (TPSA) is 131 Å². The van der Waals surface area contributed by atoms with E-state index in [2.05, 4.69) is 4.99 Å². The lowest BCUT2D eigenvalue weighted by atomic mass is 10.1. The number of hydrogen-bond donors (Lipinski definition) is 2. The highest BCUT2D eigenvalue weighted by atomic mass is 32.2. The summed E-state index contributed by atoms with van der Waals surface area (Å²) in [7, 11) is 1.41. The van der Waals surface area contributed by atoms with Gasteiger partial charge in [0.05, 0.1) is 29.2 Å². The minimum atomic E-state index is -0.782. The molecule has 10 heteroatoms. The number of aromatic hydroxyl groups is 1. The Balaban J connectivity index is 2.09. The molecular weight excluding hydrogens is 424 g/mol. The molecule has 2 aromatic carbocycles. The highest BCUT2D eigenvalue weighted by Gasteiger charge is 2.33. The number of ether oxygens (including phenoxy) is 2. The van der Waals surface area contributed by atoms with Crippen LogP contribution in [0.2, 0.25) is 0 Å². The second-order valence-electron chi connectivity index (χ2n) is 6.15. The fraction of sp³-hybridized carbons (Fsp3) is 0.143. The van der Waals surface area contributed by atoms with Gasteiger partial charge < -0.3 is 19.7 Å². The van der Waals surface area contributed by atoms with E-state index in [0.29, 0.717) is 5.56 Å². The van der Waals surface area contributed by atoms with E-state index >= 15 is 0 Å². The van der Waals surface area contributed by atoms with Crippen LogP contribution in [0.25, 0.3) is 6.08 Å². The molecule has 160 valence electrons. The average molecular weight is 442 g/mol. The van der Waals surface area contributed by atoms with Crippen LogP contribution >= 0.6 is 11.8 Å². The van der Waals surface area contributed by atoms with Gasteiger partial charge in [-0.25, -0.2) is 9.79 Å². The quantitative estimate of drug-likeness (QED) is 0.380. The van der Waals surface area contributed by atoms with Gasteiger partial charge in [0.2, 0.25) is 0 Å². The second kappa shape index (κ2) is 9.35. The Labute approximate surface area is 181 Å². The number of benzene rings is 2. The molecule has 9 nitrogen and oxygen atoms in total. The van der Waals surface area contributed by atoms with Gasteiger partial charge in [0.25, 0.3) is 5.69 Å². The number of nitro benzene ring substituents is 1. The number of methoxy groups -OCH3 is 1. The Bertz CT molecular complexity index is 1140. The van der Waals surface area contributed by atoms with Gasteiger partial charge in [0.15, 0.2) is 11.5 Å². The first-order valence-corrected chi connectivity index (χ1v) is 9.87. The van der Waals surface area contributed by atoms with E-state index in [-0.39, 0.29) is 50.8 Å². The zero-order chi connectivity index (χ0) is 22.5. The van der Waals surface area contributed by atoms with E-state index in [1.807, 2.05) is 0 Å². The van der Waals surface area contributed by atoms with Gasteiger partial charge in [0, 0.05) is 17.7 Å². The molecule has 31 heavy (non-hydrogen) atoms. The van der Waals surface area contributed by atoms with Gasteiger partial charge in [0.1, 0.15) is 16.4 Å². The molecule has 0 atom stereocenters. The Morgan fingerprint density at radius 1 is 1.26 bits per heavy atom. The third kappa shape index (κ3) is 4.69. The summed E-state index contributed by atoms with van der Waals surface area (Å²) in [6.07, 6.45) is 1.48. The lowest BCUT2D eigenvalue weighted by molar-refractivity contribution is -0.384. The first kappa shape index (κ1) is 21.9. The highest BCUT2D eigenvalue weighted by molar-refractivity contribution is 8.18. The van der Waals surface area contributed by atoms with Crippen molar-refractivity contribution in [3.63, 3.8) is 0 Å². The zero-order valence-corrected chi connectivity index (χ0v) is 17.4. The van der Waals surface area contributed by atoms with Crippen LogP contribution in [0.15, 0.2) is 63.7 Å². The number of aliphatic hydroxyl groups excluding tert-OH is 1. The van der Waals surface area contributed by atoms with Crippen LogP contribution in [0, 0.1) is 10.1 Å². The summed E-state index contributed by atoms with van der Waals surface area (Å²) in [5.74, 6) is -1.03. The van der Waals surface area contributed by atoms with Crippen LogP contribution in [0.5, 0.6) is 11.5 Å². The predicted octanol–water partition coefficient (Wildman–Crippen LogP) is 4.50. The van der Waals surface area contributed by atoms with Crippen molar-refractivity contribution in [3.8, 4) is 11.5 Å². The maximum atomic E-state index is 12.5. The molecule has 0 amide bonds. The van der Waals surface area contributed by atoms with Crippen molar-refractivity contribution >= 4 is 40.2 Å². The maximum Gasteiger partial charge on any atom is 0.344 e. The van der Waals surface area contributed by atoms with Gasteiger partial charge in [-0.3, -0.25) is 10.1 Å². The summed E-state index contributed by atoms with van der Waals surface area (Å²) < 4.78 is 10.1. The SMILES string of the molecule is CCOC(=O)C1=C(O)/C(=C\c2cccc(OC)c2O)SC1=Nc1cccc([N+](=O)[O-])c1. The van der Waals surface area contributed by atoms with E-state index in [9.17, 15) is 25.1 Å². The van der Waals surface area contributed by atoms with E-state index in [1.54, 1.807) is 25.1 Å². The molecule has 0 unspecified atom stereocenters. The van der Waals surface area contributed by atoms with Crippen molar-refractivity contribution in [2.45, 2.75) is 6.92 Å². The summed E-state index contributed by atoms with van der Waals surface area (Å²) in [6.45, 7) is 1.71. The van der Waals surface area contributed by atoms with E-state index < -0.39 is 10.9 Å². The number of carbonyl (C=O) groups is 1. The van der Waals surface area contributed by atoms with E-state index in [0.717, 1.165) is 11.8 Å². The highest BCUT2D eigenvalue weighted by Crippen LogP contribution is 2.42. The Kier molecular flexibility index (Phi) is 6.61. The molecule has 2 aromatic rings. The van der Waals surface area contributed by atoms with Gasteiger partial charge in [-0.1, -0.05) is 30.0 Å². The smallest absolute Gasteiger partial charge is 0.344 e. The molecule has 0 fully saturated rings. The van der Waals surface area contributed by atoms with Crippen LogP contribution < -0.4 is 4.74 Å². The van der Waals surface area contributed by atoms with Crippen molar-refractivity contribution in [2.75, 3.05) is 13.7 Å². The minimum absolute atomic E-state index is 0.0834. The molecule has 3 rings (SSSR count). The predicted molar refractivity (Wildman–Crippen MR) is 117 cm³/mol. The number of nitrogens with zero attached hydrogens (tertiary/aromatic N) is 2. The lowest BCUT2D eigenvalue weighted by Crippen LogP contribution is -2.12. The number of aliphatic hydroxyl groups is 1. The van der Waals surface area contributed by atoms with Gasteiger partial charge in [-0.05, 0) is 25.1 Å². The van der Waals surface area contributed by atoms with Crippen LogP contribution in [0.4, 0.5) is 11.4 Å². The average Bonchev–Trinajstić information content (AvgIpc) is 3.04. The van der Waals surface area contributed by atoms with Gasteiger partial charge in [-0.15, -0.1) is 0 Å². The summed E-state index contributed by atoms with van der Waals surface area (Å²) in [6, 6.07) is 10.4. The molecular formula is C21H18N2O7S. The number of aliphatic imine (C=N–C) groups is 1. The number of thioether (sulfide) groups is 1. The van der Waals surface area contributed by atoms with Crippen molar-refractivity contribution in [1.29, 1.82) is 0 Å². The molecule has 0 aliphatic carbocycles. The zero-order valence-electron chi connectivity index (χ0n) is 16.6. The number of non-ortho nitro benzene ring substituents is 1. The summed E-state index contributed by atoms with van der Waals surface area (Å²) in [4.78, 5) is 27.5. The lowest BCUT2D eigenvalue weighted by Gasteiger charge is -2.06. The fourth-order valence-corrected chi connectivity index (χ4v) is 3.77. The number of hydrogen-bond acceptors (Lipinski definition) is 9. The number of carbonyl (C=O) groups excluding carboxylic acids is 1. The van der Waals surface area contributed by atoms with Crippen molar-refractivity contribution in [2.24, 2.45) is 4.99 Å². The normalized spacial score (nSPS) is 16.1. The number of para-hydroxylation sites is 1. The molecule has 1 aliphatic heterocycles. The first-order valence-electron chi connectivity index (χ1n) is 9.05. The van der Waals surface area contributed by atoms with Crippen molar-refractivity contribution < 1.29 is 29.4 Å². The molecule has 0 radical (unpaired) electrons. The van der Waals surface area contributed by atoms with Crippen molar-refractivity contribution in [1.82, 2.24) is 0 Å². The summed E-state index contributed by atoms with van der Waals surface area (Å²) in [5.41, 5.74) is 0.268. The van der Waals surface area contributed by atoms with Crippen molar-refractivity contribution in [3.05, 3.63) is 74.4 Å². The number of phenols is 1. The standard InChI is InChI=1S/C21H18N2O7S/c1-3-30-21(26)17-19(25)16(10-12-6-4-9-15(29-2)18(12)24)31-20(17)22-13-7-5-8-14(11-13)23(27)28/h4-11,24-25H,3H2,1-2H3/b16-10+,22-20?. The minimum Gasteiger partial charge on any atom is -0.506 e. The number of phenolic OH excluding ortho intramolecular Hbond substituents is 1. The molecule has 0 bridgehead atoms. The molecule has 0 aromatic heterocycles. The monoisotopic (exact) mass is 442 g/mol. The fourth-order valence-electron chi connectivity index (χ4n) is 2.75. The van der Waals surface area contributed by atoms with Crippen LogP contribution in [-0.2, 0) is 9.53 Å². The van der Waals surface area contributed by atoms with Crippen LogP contribution in [0.3, 0.4) is 0 Å². The molecule has 2 N–H and O–H groups in total. The molecule has 0 saturated heterocycles. The molecule has 0 spiro atoms. The summed E-state index contributed by atoms with van der Waals surface area (Å²) >= 11 is 0.972. The Morgan fingerprint density at radius 2 is 2.00 bits per heavy atom. The molecule has 0 saturated carbocycles. The number of esters is 1. The third-order valence-electron chi connectivity index (χ3n) is 4.18. The first-order chi connectivity index (χ1) is 14.8. The number of nitro groups is 1. The largest absolute Gasteiger partial charge is 0.506 e. The third-order valence-corrected chi connectivity index (χ3v) is 5.20. The maximum absolute atomic E-state index is 12.5. The molecule has 1 heterocycles. The van der Waals surface area contributed by atoms with Gasteiger partial charge in [-0.2, -0.15) is 0 Å². The van der Waals surface area contributed by atoms with E-state index in [1.165, 1.54) is 37.5 Å². The van der Waals surface area contributed by atoms with Crippen LogP contribution in [0.1, 0.15) is 12.5 Å². The van der Waals surface area contributed by atoms with Crippen LogP contribution in [-0.4, -0.2) is 39.9 Å². The van der Waals surface area contributed by atoms with Gasteiger partial charge >= 0.3 is 5.97 Å². The molecule has 1 aliphatic rings. The number of rotatable bonds is 6. The summed E-state index contributed by atoms with van der Waals surface area (Å²) in [5, 5.41) is 32.2.